The molecule has 2 aliphatic heterocycles. The van der Waals surface area contributed by atoms with Gasteiger partial charge in [0.2, 0.25) is 5.91 Å². The van der Waals surface area contributed by atoms with E-state index >= 15 is 0 Å². The number of hydrogen-bond acceptors (Lipinski definition) is 4. The van der Waals surface area contributed by atoms with E-state index < -0.39 is 0 Å². The molecule has 7 heteroatoms. The first-order chi connectivity index (χ1) is 15.6. The topological polar surface area (TPSA) is 82.2 Å². The number of aromatic nitrogens is 3. The van der Waals surface area contributed by atoms with Gasteiger partial charge in [-0.3, -0.25) is 9.59 Å². The smallest absolute Gasteiger partial charge is 0.253 e. The van der Waals surface area contributed by atoms with Gasteiger partial charge in [0.05, 0.1) is 0 Å². The summed E-state index contributed by atoms with van der Waals surface area (Å²) in [5, 5.41) is 10.7. The molecular weight excluding hydrogens is 402 g/mol. The van der Waals surface area contributed by atoms with E-state index in [4.69, 9.17) is 0 Å². The molecular formula is C25H27N5O2. The van der Waals surface area contributed by atoms with Crippen LogP contribution >= 0.6 is 0 Å². The molecule has 1 aromatic heterocycles. The Labute approximate surface area is 187 Å². The highest BCUT2D eigenvalue weighted by Crippen LogP contribution is 2.33. The molecule has 0 radical (unpaired) electrons. The Hall–Kier alpha value is -3.48. The summed E-state index contributed by atoms with van der Waals surface area (Å²) in [6.07, 6.45) is 5.43. The number of nitrogens with zero attached hydrogens (tertiary/aromatic N) is 4. The minimum Gasteiger partial charge on any atom is -0.339 e. The molecule has 2 unspecified atom stereocenters. The third-order valence-corrected chi connectivity index (χ3v) is 6.77. The second-order valence-electron chi connectivity index (χ2n) is 8.90. The van der Waals surface area contributed by atoms with Gasteiger partial charge >= 0.3 is 0 Å². The van der Waals surface area contributed by atoms with Crippen molar-refractivity contribution in [2.24, 2.45) is 11.8 Å². The Kier molecular flexibility index (Phi) is 5.47. The SMILES string of the molecule is Cc1ccc(C=CC(=O)N2CCC3CN(C(=O)c4ccc5n[nH]nc5c4)CC3CC2)cc1. The zero-order valence-electron chi connectivity index (χ0n) is 18.2. The molecule has 2 aliphatic rings. The molecule has 0 spiro atoms. The molecule has 2 amide bonds. The van der Waals surface area contributed by atoms with E-state index in [9.17, 15) is 9.59 Å². The molecule has 2 saturated heterocycles. The number of carbonyl (C=O) groups excluding carboxylic acids is 2. The highest BCUT2D eigenvalue weighted by Gasteiger charge is 2.37. The highest BCUT2D eigenvalue weighted by atomic mass is 16.2. The van der Waals surface area contributed by atoms with Gasteiger partial charge in [-0.2, -0.15) is 15.4 Å². The fourth-order valence-corrected chi connectivity index (χ4v) is 4.84. The number of aryl methyl sites for hydroxylation is 1. The lowest BCUT2D eigenvalue weighted by Gasteiger charge is -2.21. The van der Waals surface area contributed by atoms with Crippen molar-refractivity contribution < 1.29 is 9.59 Å². The van der Waals surface area contributed by atoms with Gasteiger partial charge in [-0.15, -0.1) is 0 Å². The van der Waals surface area contributed by atoms with Crippen LogP contribution in [0.25, 0.3) is 17.1 Å². The zero-order valence-corrected chi connectivity index (χ0v) is 18.2. The van der Waals surface area contributed by atoms with Gasteiger partial charge in [0, 0.05) is 37.8 Å². The normalized spacial score (nSPS) is 21.2. The maximum absolute atomic E-state index is 13.0. The van der Waals surface area contributed by atoms with Crippen molar-refractivity contribution in [2.45, 2.75) is 19.8 Å². The van der Waals surface area contributed by atoms with Gasteiger partial charge in [0.15, 0.2) is 0 Å². The van der Waals surface area contributed by atoms with Crippen molar-refractivity contribution in [3.63, 3.8) is 0 Å². The lowest BCUT2D eigenvalue weighted by Crippen LogP contribution is -2.33. The summed E-state index contributed by atoms with van der Waals surface area (Å²) in [7, 11) is 0. The Morgan fingerprint density at radius 2 is 1.62 bits per heavy atom. The first-order valence-electron chi connectivity index (χ1n) is 11.2. The molecule has 5 rings (SSSR count). The molecule has 2 atom stereocenters. The number of carbonyl (C=O) groups is 2. The Morgan fingerprint density at radius 1 is 0.938 bits per heavy atom. The van der Waals surface area contributed by atoms with E-state index in [1.807, 2.05) is 52.3 Å². The summed E-state index contributed by atoms with van der Waals surface area (Å²) in [5.74, 6) is 0.999. The third-order valence-electron chi connectivity index (χ3n) is 6.77. The summed E-state index contributed by atoms with van der Waals surface area (Å²) in [6.45, 7) is 5.04. The van der Waals surface area contributed by atoms with Crippen LogP contribution in [0, 0.1) is 18.8 Å². The Morgan fingerprint density at radius 3 is 2.34 bits per heavy atom. The molecule has 3 heterocycles. The van der Waals surface area contributed by atoms with Crippen molar-refractivity contribution >= 4 is 28.9 Å². The predicted molar refractivity (Wildman–Crippen MR) is 123 cm³/mol. The first-order valence-corrected chi connectivity index (χ1v) is 11.2. The quantitative estimate of drug-likeness (QED) is 0.648. The minimum atomic E-state index is 0.0527. The highest BCUT2D eigenvalue weighted by molar-refractivity contribution is 5.97. The van der Waals surface area contributed by atoms with Crippen LogP contribution in [0.3, 0.4) is 0 Å². The molecule has 0 bridgehead atoms. The molecule has 0 saturated carbocycles. The van der Waals surface area contributed by atoms with Crippen molar-refractivity contribution in [3.8, 4) is 0 Å². The van der Waals surface area contributed by atoms with Crippen molar-refractivity contribution in [3.05, 3.63) is 65.2 Å². The van der Waals surface area contributed by atoms with Gasteiger partial charge < -0.3 is 9.80 Å². The minimum absolute atomic E-state index is 0.0527. The predicted octanol–water partition coefficient (Wildman–Crippen LogP) is 3.29. The number of amides is 2. The largest absolute Gasteiger partial charge is 0.339 e. The summed E-state index contributed by atoms with van der Waals surface area (Å²) in [4.78, 5) is 29.7. The van der Waals surface area contributed by atoms with E-state index in [-0.39, 0.29) is 11.8 Å². The van der Waals surface area contributed by atoms with Crippen LogP contribution in [-0.4, -0.2) is 63.2 Å². The number of H-pyrrole nitrogens is 1. The summed E-state index contributed by atoms with van der Waals surface area (Å²) in [6, 6.07) is 13.6. The van der Waals surface area contributed by atoms with Gasteiger partial charge in [-0.25, -0.2) is 0 Å². The van der Waals surface area contributed by atoms with E-state index in [1.54, 1.807) is 12.1 Å². The van der Waals surface area contributed by atoms with Crippen LogP contribution in [0.15, 0.2) is 48.5 Å². The van der Waals surface area contributed by atoms with E-state index in [1.165, 1.54) is 5.56 Å². The average Bonchev–Trinajstić information content (AvgIpc) is 3.40. The lowest BCUT2D eigenvalue weighted by molar-refractivity contribution is -0.126. The number of fused-ring (bicyclic) bond motifs is 2. The maximum atomic E-state index is 13.0. The van der Waals surface area contributed by atoms with Crippen molar-refractivity contribution in [2.75, 3.05) is 26.2 Å². The van der Waals surface area contributed by atoms with Crippen LogP contribution in [-0.2, 0) is 4.79 Å². The average molecular weight is 430 g/mol. The molecule has 1 N–H and O–H groups in total. The zero-order chi connectivity index (χ0) is 22.1. The monoisotopic (exact) mass is 429 g/mol. The number of rotatable bonds is 3. The molecule has 2 fully saturated rings. The summed E-state index contributed by atoms with van der Waals surface area (Å²) >= 11 is 0. The third kappa shape index (κ3) is 4.15. The molecule has 0 aliphatic carbocycles. The molecule has 32 heavy (non-hydrogen) atoms. The van der Waals surface area contributed by atoms with Gasteiger partial charge in [0.25, 0.3) is 5.91 Å². The summed E-state index contributed by atoms with van der Waals surface area (Å²) in [5.41, 5.74) is 4.36. The maximum Gasteiger partial charge on any atom is 0.253 e. The number of aromatic amines is 1. The molecule has 164 valence electrons. The lowest BCUT2D eigenvalue weighted by atomic mass is 9.92. The van der Waals surface area contributed by atoms with E-state index in [2.05, 4.69) is 22.3 Å². The molecule has 3 aromatic rings. The van der Waals surface area contributed by atoms with Crippen LogP contribution in [0.4, 0.5) is 0 Å². The fraction of sp³-hybridized carbons (Fsp3) is 0.360. The van der Waals surface area contributed by atoms with Gasteiger partial charge in [0.1, 0.15) is 11.0 Å². The molecule has 7 nitrogen and oxygen atoms in total. The van der Waals surface area contributed by atoms with Crippen LogP contribution in [0.1, 0.15) is 34.3 Å². The standard InChI is InChI=1S/C25H27N5O2/c1-17-2-4-18(5-3-17)6-9-24(31)29-12-10-20-15-30(16-21(20)11-13-29)25(32)19-7-8-22-23(14-19)27-28-26-22/h2-9,14,20-21H,10-13,15-16H2,1H3,(H,26,27,28). The number of benzene rings is 2. The van der Waals surface area contributed by atoms with E-state index in [0.29, 0.717) is 22.9 Å². The first kappa shape index (κ1) is 20.4. The van der Waals surface area contributed by atoms with Crippen molar-refractivity contribution in [1.29, 1.82) is 0 Å². The number of nitrogens with one attached hydrogen (secondary N) is 1. The van der Waals surface area contributed by atoms with Crippen LogP contribution < -0.4 is 0 Å². The van der Waals surface area contributed by atoms with Crippen LogP contribution in [0.5, 0.6) is 0 Å². The number of hydrogen-bond donors (Lipinski definition) is 1. The Balaban J connectivity index is 1.19. The second-order valence-corrected chi connectivity index (χ2v) is 8.90. The van der Waals surface area contributed by atoms with E-state index in [0.717, 1.165) is 50.1 Å². The fourth-order valence-electron chi connectivity index (χ4n) is 4.84. The second kappa shape index (κ2) is 8.57. The van der Waals surface area contributed by atoms with Gasteiger partial charge in [-0.05, 0) is 61.4 Å². The van der Waals surface area contributed by atoms with Gasteiger partial charge in [-0.1, -0.05) is 29.8 Å². The van der Waals surface area contributed by atoms with Crippen LogP contribution in [0.2, 0.25) is 0 Å². The molecule has 2 aromatic carbocycles. The Bertz CT molecular complexity index is 1150. The summed E-state index contributed by atoms with van der Waals surface area (Å²) < 4.78 is 0. The van der Waals surface area contributed by atoms with Crippen molar-refractivity contribution in [1.82, 2.24) is 25.2 Å². The number of likely N-dealkylation sites (tertiary alicyclic amines) is 2.